The molecule has 0 radical (unpaired) electrons. The highest BCUT2D eigenvalue weighted by Crippen LogP contribution is 2.29. The normalized spacial score (nSPS) is 13.4. The molecule has 0 unspecified atom stereocenters. The number of aliphatic imine (C=N–C) groups is 1. The Morgan fingerprint density at radius 3 is 2.69 bits per heavy atom. The van der Waals surface area contributed by atoms with E-state index in [1.165, 1.54) is 16.7 Å². The molecule has 2 heterocycles. The smallest absolute Gasteiger partial charge is 0.0669 e. The zero-order valence-electron chi connectivity index (χ0n) is 9.14. The molecule has 3 rings (SSSR count). The summed E-state index contributed by atoms with van der Waals surface area (Å²) in [5.41, 5.74) is 6.04. The molecule has 2 heteroatoms. The van der Waals surface area contributed by atoms with Crippen molar-refractivity contribution in [3.05, 3.63) is 59.4 Å². The summed E-state index contributed by atoms with van der Waals surface area (Å²) < 4.78 is 0. The lowest BCUT2D eigenvalue weighted by molar-refractivity contribution is 1.30. The van der Waals surface area contributed by atoms with Crippen molar-refractivity contribution in [1.29, 1.82) is 0 Å². The van der Waals surface area contributed by atoms with Crippen LogP contribution in [0, 0.1) is 6.92 Å². The van der Waals surface area contributed by atoms with E-state index in [1.807, 2.05) is 24.5 Å². The minimum atomic E-state index is 0.932. The van der Waals surface area contributed by atoms with Gasteiger partial charge in [0.05, 0.1) is 11.4 Å². The first-order chi connectivity index (χ1) is 7.83. The van der Waals surface area contributed by atoms with Crippen molar-refractivity contribution >= 4 is 11.4 Å². The van der Waals surface area contributed by atoms with E-state index in [2.05, 4.69) is 35.1 Å². The molecule has 0 N–H and O–H groups in total. The van der Waals surface area contributed by atoms with Crippen molar-refractivity contribution in [3.8, 4) is 0 Å². The van der Waals surface area contributed by atoms with Gasteiger partial charge in [0.25, 0.3) is 0 Å². The highest BCUT2D eigenvalue weighted by Gasteiger charge is 2.15. The second-order valence-corrected chi connectivity index (χ2v) is 4.10. The molecule has 1 aromatic carbocycles. The Hall–Kier alpha value is -1.96. The van der Waals surface area contributed by atoms with Crippen LogP contribution in [0.1, 0.15) is 16.7 Å². The summed E-state index contributed by atoms with van der Waals surface area (Å²) >= 11 is 0. The van der Waals surface area contributed by atoms with Crippen LogP contribution in [0.2, 0.25) is 0 Å². The van der Waals surface area contributed by atoms with Crippen molar-refractivity contribution in [1.82, 2.24) is 4.98 Å². The Bertz CT molecular complexity index is 556. The van der Waals surface area contributed by atoms with Gasteiger partial charge in [-0.15, -0.1) is 0 Å². The van der Waals surface area contributed by atoms with Crippen molar-refractivity contribution in [2.45, 2.75) is 13.3 Å². The predicted molar refractivity (Wildman–Crippen MR) is 65.3 cm³/mol. The lowest BCUT2D eigenvalue weighted by Crippen LogP contribution is -1.99. The number of rotatable bonds is 1. The second kappa shape index (κ2) is 3.56. The fourth-order valence-corrected chi connectivity index (χ4v) is 2.04. The molecule has 0 saturated carbocycles. The molecule has 1 aliphatic heterocycles. The summed E-state index contributed by atoms with van der Waals surface area (Å²) in [6.45, 7) is 2.12. The van der Waals surface area contributed by atoms with Gasteiger partial charge in [0.1, 0.15) is 0 Å². The highest BCUT2D eigenvalue weighted by atomic mass is 14.8. The largest absolute Gasteiger partial charge is 0.265 e. The molecule has 0 aliphatic carbocycles. The van der Waals surface area contributed by atoms with Crippen molar-refractivity contribution in [2.24, 2.45) is 4.99 Å². The number of fused-ring (bicyclic) bond motifs is 1. The van der Waals surface area contributed by atoms with Crippen molar-refractivity contribution < 1.29 is 0 Å². The maximum atomic E-state index is 4.65. The molecule has 78 valence electrons. The second-order valence-electron chi connectivity index (χ2n) is 4.10. The van der Waals surface area contributed by atoms with Gasteiger partial charge in [-0.1, -0.05) is 17.7 Å². The van der Waals surface area contributed by atoms with E-state index in [0.717, 1.165) is 17.8 Å². The topological polar surface area (TPSA) is 25.2 Å². The van der Waals surface area contributed by atoms with Gasteiger partial charge in [0.2, 0.25) is 0 Å². The van der Waals surface area contributed by atoms with Gasteiger partial charge in [0.15, 0.2) is 0 Å². The molecule has 0 saturated heterocycles. The van der Waals surface area contributed by atoms with Crippen LogP contribution in [0.25, 0.3) is 0 Å². The van der Waals surface area contributed by atoms with Gasteiger partial charge in [-0.2, -0.15) is 0 Å². The zero-order chi connectivity index (χ0) is 11.0. The van der Waals surface area contributed by atoms with Crippen LogP contribution in [-0.4, -0.2) is 10.7 Å². The van der Waals surface area contributed by atoms with E-state index in [4.69, 9.17) is 0 Å². The van der Waals surface area contributed by atoms with Gasteiger partial charge in [-0.3, -0.25) is 9.98 Å². The average molecular weight is 208 g/mol. The summed E-state index contributed by atoms with van der Waals surface area (Å²) in [4.78, 5) is 8.68. The maximum Gasteiger partial charge on any atom is 0.0669 e. The third kappa shape index (κ3) is 1.52. The minimum absolute atomic E-state index is 0.932. The molecule has 16 heavy (non-hydrogen) atoms. The van der Waals surface area contributed by atoms with E-state index in [0.29, 0.717) is 0 Å². The monoisotopic (exact) mass is 208 g/mol. The minimum Gasteiger partial charge on any atom is -0.265 e. The van der Waals surface area contributed by atoms with Crippen LogP contribution in [0.5, 0.6) is 0 Å². The summed E-state index contributed by atoms with van der Waals surface area (Å²) in [5.74, 6) is 0. The fourth-order valence-electron chi connectivity index (χ4n) is 2.04. The third-order valence-corrected chi connectivity index (χ3v) is 2.86. The number of nitrogens with zero attached hydrogens (tertiary/aromatic N) is 2. The molecule has 0 bridgehead atoms. The Kier molecular flexibility index (Phi) is 2.07. The van der Waals surface area contributed by atoms with Crippen molar-refractivity contribution in [3.63, 3.8) is 0 Å². The Morgan fingerprint density at radius 2 is 1.88 bits per heavy atom. The number of hydrogen-bond donors (Lipinski definition) is 0. The van der Waals surface area contributed by atoms with Crippen LogP contribution >= 0.6 is 0 Å². The number of hydrogen-bond acceptors (Lipinski definition) is 2. The van der Waals surface area contributed by atoms with Crippen LogP contribution in [-0.2, 0) is 6.42 Å². The lowest BCUT2D eigenvalue weighted by atomic mass is 10.0. The molecule has 1 aliphatic rings. The van der Waals surface area contributed by atoms with Gasteiger partial charge in [-0.25, -0.2) is 0 Å². The van der Waals surface area contributed by atoms with Crippen LogP contribution in [0.15, 0.2) is 47.7 Å². The third-order valence-electron chi connectivity index (χ3n) is 2.86. The molecule has 0 spiro atoms. The first-order valence-electron chi connectivity index (χ1n) is 5.40. The summed E-state index contributed by atoms with van der Waals surface area (Å²) in [6.07, 6.45) is 4.55. The number of benzene rings is 1. The predicted octanol–water partition coefficient (Wildman–Crippen LogP) is 3.07. The number of aryl methyl sites for hydroxylation is 1. The van der Waals surface area contributed by atoms with Crippen LogP contribution < -0.4 is 0 Å². The lowest BCUT2D eigenvalue weighted by Gasteiger charge is -1.99. The summed E-state index contributed by atoms with van der Waals surface area (Å²) in [7, 11) is 0. The fraction of sp³-hybridized carbons (Fsp3) is 0.143. The maximum absolute atomic E-state index is 4.65. The Morgan fingerprint density at radius 1 is 1.06 bits per heavy atom. The zero-order valence-corrected chi connectivity index (χ0v) is 9.14. The Labute approximate surface area is 94.7 Å². The molecule has 0 fully saturated rings. The SMILES string of the molecule is Cc1ccc2c(c1)CC(c1ccncc1)=N2. The molecule has 0 atom stereocenters. The van der Waals surface area contributed by atoms with Crippen molar-refractivity contribution in [2.75, 3.05) is 0 Å². The number of pyridine rings is 1. The standard InChI is InChI=1S/C14H12N2/c1-10-2-3-13-12(8-10)9-14(16-13)11-4-6-15-7-5-11/h2-8H,9H2,1H3. The van der Waals surface area contributed by atoms with E-state index < -0.39 is 0 Å². The van der Waals surface area contributed by atoms with Gasteiger partial charge < -0.3 is 0 Å². The molecule has 2 nitrogen and oxygen atoms in total. The van der Waals surface area contributed by atoms with Gasteiger partial charge >= 0.3 is 0 Å². The first kappa shape index (κ1) is 9.28. The molecule has 1 aromatic heterocycles. The van der Waals surface area contributed by atoms with E-state index in [9.17, 15) is 0 Å². The first-order valence-corrected chi connectivity index (χ1v) is 5.40. The van der Waals surface area contributed by atoms with Gasteiger partial charge in [-0.05, 0) is 36.2 Å². The van der Waals surface area contributed by atoms with E-state index in [1.54, 1.807) is 0 Å². The van der Waals surface area contributed by atoms with E-state index in [-0.39, 0.29) is 0 Å². The molecule has 0 amide bonds. The average Bonchev–Trinajstić information content (AvgIpc) is 2.73. The highest BCUT2D eigenvalue weighted by molar-refractivity contribution is 6.06. The Balaban J connectivity index is 2.00. The van der Waals surface area contributed by atoms with Crippen LogP contribution in [0.3, 0.4) is 0 Å². The number of aromatic nitrogens is 1. The molecular formula is C14H12N2. The van der Waals surface area contributed by atoms with Crippen LogP contribution in [0.4, 0.5) is 5.69 Å². The summed E-state index contributed by atoms with van der Waals surface area (Å²) in [6, 6.07) is 10.4. The molecular weight excluding hydrogens is 196 g/mol. The summed E-state index contributed by atoms with van der Waals surface area (Å²) in [5, 5.41) is 0. The quantitative estimate of drug-likeness (QED) is 0.707. The van der Waals surface area contributed by atoms with E-state index >= 15 is 0 Å². The van der Waals surface area contributed by atoms with Gasteiger partial charge in [0, 0.05) is 18.8 Å². The molecule has 2 aromatic rings.